The Balaban J connectivity index is 0.00000156. The summed E-state index contributed by atoms with van der Waals surface area (Å²) in [4.78, 5) is 23.1. The van der Waals surface area contributed by atoms with Gasteiger partial charge >= 0.3 is 0 Å². The Labute approximate surface area is 161 Å². The van der Waals surface area contributed by atoms with Crippen LogP contribution in [0.5, 0.6) is 0 Å². The molecule has 136 valence electrons. The molecule has 1 aromatic carbocycles. The second-order valence-electron chi connectivity index (χ2n) is 5.86. The van der Waals surface area contributed by atoms with Gasteiger partial charge in [0.25, 0.3) is 5.91 Å². The van der Waals surface area contributed by atoms with E-state index in [9.17, 15) is 4.79 Å². The van der Waals surface area contributed by atoms with E-state index in [0.29, 0.717) is 12.2 Å². The van der Waals surface area contributed by atoms with Gasteiger partial charge in [0.15, 0.2) is 0 Å². The number of carbonyl (C=O) groups is 1. The standard InChI is InChI=1S/C18H22N4O.2ClH/c1-3-14-4-6-15(7-5-14)17-12-19-8-9-22(17)18(23)16-11-20-13(2)10-21-16;;/h4-7,10-11,17,19H,3,8-9,12H2,1-2H3;2*1H. The highest BCUT2D eigenvalue weighted by Gasteiger charge is 2.29. The van der Waals surface area contributed by atoms with E-state index >= 15 is 0 Å². The molecule has 1 aromatic heterocycles. The van der Waals surface area contributed by atoms with Gasteiger partial charge in [0.05, 0.1) is 17.9 Å². The van der Waals surface area contributed by atoms with Crippen molar-refractivity contribution >= 4 is 30.7 Å². The molecule has 1 aliphatic rings. The van der Waals surface area contributed by atoms with E-state index in [1.54, 1.807) is 12.4 Å². The minimum Gasteiger partial charge on any atom is -0.328 e. The predicted molar refractivity (Wildman–Crippen MR) is 104 cm³/mol. The van der Waals surface area contributed by atoms with Crippen LogP contribution in [-0.2, 0) is 6.42 Å². The van der Waals surface area contributed by atoms with Crippen molar-refractivity contribution in [2.75, 3.05) is 19.6 Å². The Morgan fingerprint density at radius 3 is 2.52 bits per heavy atom. The van der Waals surface area contributed by atoms with Gasteiger partial charge in [-0.3, -0.25) is 9.78 Å². The summed E-state index contributed by atoms with van der Waals surface area (Å²) in [5, 5.41) is 3.38. The number of aryl methyl sites for hydroxylation is 2. The lowest BCUT2D eigenvalue weighted by atomic mass is 10.0. The molecule has 1 unspecified atom stereocenters. The largest absolute Gasteiger partial charge is 0.328 e. The molecule has 1 amide bonds. The molecule has 0 saturated carbocycles. The zero-order valence-corrected chi connectivity index (χ0v) is 16.1. The summed E-state index contributed by atoms with van der Waals surface area (Å²) in [6.07, 6.45) is 4.22. The third-order valence-electron chi connectivity index (χ3n) is 4.28. The number of benzene rings is 1. The molecule has 25 heavy (non-hydrogen) atoms. The third-order valence-corrected chi connectivity index (χ3v) is 4.28. The molecule has 2 heterocycles. The van der Waals surface area contributed by atoms with Gasteiger partial charge in [0.1, 0.15) is 5.69 Å². The number of rotatable bonds is 3. The van der Waals surface area contributed by atoms with E-state index in [-0.39, 0.29) is 36.8 Å². The second-order valence-corrected chi connectivity index (χ2v) is 5.86. The lowest BCUT2D eigenvalue weighted by Crippen LogP contribution is -2.48. The number of hydrogen-bond donors (Lipinski definition) is 1. The number of hydrogen-bond acceptors (Lipinski definition) is 4. The van der Waals surface area contributed by atoms with Gasteiger partial charge in [0.2, 0.25) is 0 Å². The van der Waals surface area contributed by atoms with E-state index in [1.165, 1.54) is 5.56 Å². The van der Waals surface area contributed by atoms with Crippen LogP contribution in [0.15, 0.2) is 36.7 Å². The normalized spacial score (nSPS) is 16.6. The third kappa shape index (κ3) is 4.91. The van der Waals surface area contributed by atoms with E-state index < -0.39 is 0 Å². The number of amides is 1. The van der Waals surface area contributed by atoms with Gasteiger partial charge in [0, 0.05) is 25.8 Å². The summed E-state index contributed by atoms with van der Waals surface area (Å²) in [6, 6.07) is 8.55. The average Bonchev–Trinajstić information content (AvgIpc) is 2.62. The number of piperazine rings is 1. The van der Waals surface area contributed by atoms with Gasteiger partial charge in [-0.25, -0.2) is 4.98 Å². The minimum atomic E-state index is -0.0523. The molecular weight excluding hydrogens is 359 g/mol. The average molecular weight is 383 g/mol. The Morgan fingerprint density at radius 1 is 1.20 bits per heavy atom. The van der Waals surface area contributed by atoms with Gasteiger partial charge in [-0.15, -0.1) is 24.8 Å². The zero-order chi connectivity index (χ0) is 16.2. The number of aromatic nitrogens is 2. The van der Waals surface area contributed by atoms with E-state index in [4.69, 9.17) is 0 Å². The van der Waals surface area contributed by atoms with Crippen LogP contribution in [0.1, 0.15) is 40.3 Å². The lowest BCUT2D eigenvalue weighted by Gasteiger charge is -2.36. The van der Waals surface area contributed by atoms with Crippen LogP contribution < -0.4 is 5.32 Å². The van der Waals surface area contributed by atoms with Crippen LogP contribution in [-0.4, -0.2) is 40.4 Å². The van der Waals surface area contributed by atoms with E-state index in [1.807, 2.05) is 11.8 Å². The molecule has 0 radical (unpaired) electrons. The maximum absolute atomic E-state index is 12.8. The number of halogens is 2. The fourth-order valence-corrected chi connectivity index (χ4v) is 2.87. The fourth-order valence-electron chi connectivity index (χ4n) is 2.87. The van der Waals surface area contributed by atoms with Crippen LogP contribution in [0.25, 0.3) is 0 Å². The highest BCUT2D eigenvalue weighted by atomic mass is 35.5. The van der Waals surface area contributed by atoms with Crippen molar-refractivity contribution in [2.24, 2.45) is 0 Å². The quantitative estimate of drug-likeness (QED) is 0.886. The SMILES string of the molecule is CCc1ccc(C2CNCCN2C(=O)c2cnc(C)cn2)cc1.Cl.Cl. The molecule has 1 atom stereocenters. The fraction of sp³-hybridized carbons (Fsp3) is 0.389. The molecule has 1 N–H and O–H groups in total. The summed E-state index contributed by atoms with van der Waals surface area (Å²) in [5.41, 5.74) is 3.68. The van der Waals surface area contributed by atoms with Gasteiger partial charge in [-0.1, -0.05) is 31.2 Å². The van der Waals surface area contributed by atoms with E-state index in [2.05, 4.69) is 46.5 Å². The lowest BCUT2D eigenvalue weighted by molar-refractivity contribution is 0.0627. The Hall–Kier alpha value is -1.69. The van der Waals surface area contributed by atoms with Gasteiger partial charge in [-0.05, 0) is 24.5 Å². The molecule has 3 rings (SSSR count). The Bertz CT molecular complexity index is 676. The summed E-state index contributed by atoms with van der Waals surface area (Å²) < 4.78 is 0. The monoisotopic (exact) mass is 382 g/mol. The first-order valence-electron chi connectivity index (χ1n) is 8.08. The molecule has 0 spiro atoms. The smallest absolute Gasteiger partial charge is 0.274 e. The highest BCUT2D eigenvalue weighted by molar-refractivity contribution is 5.92. The van der Waals surface area contributed by atoms with Crippen molar-refractivity contribution in [1.29, 1.82) is 0 Å². The van der Waals surface area contributed by atoms with Crippen molar-refractivity contribution in [3.8, 4) is 0 Å². The number of nitrogens with zero attached hydrogens (tertiary/aromatic N) is 3. The predicted octanol–water partition coefficient (Wildman–Crippen LogP) is 2.98. The molecule has 1 aliphatic heterocycles. The van der Waals surface area contributed by atoms with Crippen molar-refractivity contribution in [3.63, 3.8) is 0 Å². The molecule has 7 heteroatoms. The molecule has 0 bridgehead atoms. The molecule has 1 fully saturated rings. The van der Waals surface area contributed by atoms with Crippen LogP contribution in [0.2, 0.25) is 0 Å². The van der Waals surface area contributed by atoms with Gasteiger partial charge in [-0.2, -0.15) is 0 Å². The summed E-state index contributed by atoms with van der Waals surface area (Å²) in [5.74, 6) is -0.0523. The summed E-state index contributed by atoms with van der Waals surface area (Å²) in [6.45, 7) is 6.24. The maximum Gasteiger partial charge on any atom is 0.274 e. The Morgan fingerprint density at radius 2 is 1.92 bits per heavy atom. The second kappa shape index (κ2) is 9.70. The first-order valence-corrected chi connectivity index (χ1v) is 8.08. The van der Waals surface area contributed by atoms with Crippen LogP contribution in [0, 0.1) is 6.92 Å². The molecule has 2 aromatic rings. The highest BCUT2D eigenvalue weighted by Crippen LogP contribution is 2.24. The zero-order valence-electron chi connectivity index (χ0n) is 14.4. The first kappa shape index (κ1) is 21.4. The topological polar surface area (TPSA) is 58.1 Å². The maximum atomic E-state index is 12.8. The Kier molecular flexibility index (Phi) is 8.29. The van der Waals surface area contributed by atoms with Crippen molar-refractivity contribution in [2.45, 2.75) is 26.3 Å². The van der Waals surface area contributed by atoms with Crippen molar-refractivity contribution < 1.29 is 4.79 Å². The molecular formula is C18H24Cl2N4O. The number of nitrogens with one attached hydrogen (secondary N) is 1. The summed E-state index contributed by atoms with van der Waals surface area (Å²) >= 11 is 0. The molecule has 5 nitrogen and oxygen atoms in total. The van der Waals surface area contributed by atoms with Crippen molar-refractivity contribution in [3.05, 3.63) is 59.2 Å². The van der Waals surface area contributed by atoms with Crippen molar-refractivity contribution in [1.82, 2.24) is 20.2 Å². The first-order chi connectivity index (χ1) is 11.2. The summed E-state index contributed by atoms with van der Waals surface area (Å²) in [7, 11) is 0. The molecule has 0 aliphatic carbocycles. The van der Waals surface area contributed by atoms with Crippen LogP contribution in [0.4, 0.5) is 0 Å². The van der Waals surface area contributed by atoms with E-state index in [0.717, 1.165) is 30.8 Å². The van der Waals surface area contributed by atoms with Gasteiger partial charge < -0.3 is 10.2 Å². The van der Waals surface area contributed by atoms with Crippen LogP contribution in [0.3, 0.4) is 0 Å². The molecule has 1 saturated heterocycles. The minimum absolute atomic E-state index is 0. The van der Waals surface area contributed by atoms with Crippen LogP contribution >= 0.6 is 24.8 Å². The number of carbonyl (C=O) groups excluding carboxylic acids is 1.